The van der Waals surface area contributed by atoms with E-state index in [-0.39, 0.29) is 6.04 Å². The Kier molecular flexibility index (Phi) is 4.20. The molecule has 3 nitrogen and oxygen atoms in total. The molecule has 0 bridgehead atoms. The van der Waals surface area contributed by atoms with Crippen LogP contribution in [0.5, 0.6) is 5.75 Å². The van der Waals surface area contributed by atoms with Crippen LogP contribution in [-0.2, 0) is 6.42 Å². The van der Waals surface area contributed by atoms with Crippen molar-refractivity contribution < 1.29 is 4.74 Å². The number of ether oxygens (including phenoxy) is 1. The van der Waals surface area contributed by atoms with Crippen molar-refractivity contribution in [2.24, 2.45) is 0 Å². The van der Waals surface area contributed by atoms with Crippen LogP contribution >= 0.6 is 0 Å². The Morgan fingerprint density at radius 3 is 2.95 bits per heavy atom. The van der Waals surface area contributed by atoms with Gasteiger partial charge in [0, 0.05) is 18.8 Å². The third-order valence-corrected chi connectivity index (χ3v) is 3.87. The zero-order valence-corrected chi connectivity index (χ0v) is 12.7. The maximum absolute atomic E-state index is 5.61. The van der Waals surface area contributed by atoms with Gasteiger partial charge in [0.1, 0.15) is 5.75 Å². The summed E-state index contributed by atoms with van der Waals surface area (Å²) in [4.78, 5) is 4.35. The molecule has 1 aliphatic rings. The maximum atomic E-state index is 5.61. The van der Waals surface area contributed by atoms with Crippen LogP contribution in [0.25, 0.3) is 0 Å². The summed E-state index contributed by atoms with van der Waals surface area (Å²) >= 11 is 0. The second-order valence-electron chi connectivity index (χ2n) is 5.65. The highest BCUT2D eigenvalue weighted by atomic mass is 16.5. The van der Waals surface area contributed by atoms with E-state index in [1.165, 1.54) is 22.3 Å². The van der Waals surface area contributed by atoms with Gasteiger partial charge in [-0.25, -0.2) is 0 Å². The zero-order valence-electron chi connectivity index (χ0n) is 12.7. The van der Waals surface area contributed by atoms with E-state index in [1.54, 1.807) is 0 Å². The number of nitrogens with one attached hydrogen (secondary N) is 1. The summed E-state index contributed by atoms with van der Waals surface area (Å²) in [6, 6.07) is 8.95. The molecule has 0 aliphatic carbocycles. The Bertz CT molecular complexity index is 624. The van der Waals surface area contributed by atoms with Gasteiger partial charge in [0.25, 0.3) is 0 Å². The highest BCUT2D eigenvalue weighted by molar-refractivity contribution is 5.43. The van der Waals surface area contributed by atoms with Crippen molar-refractivity contribution in [2.75, 3.05) is 13.2 Å². The van der Waals surface area contributed by atoms with Gasteiger partial charge in [-0.2, -0.15) is 0 Å². The minimum Gasteiger partial charge on any atom is -0.493 e. The van der Waals surface area contributed by atoms with Crippen molar-refractivity contribution in [1.82, 2.24) is 10.3 Å². The number of rotatable bonds is 5. The number of benzene rings is 1. The molecule has 1 aromatic heterocycles. The lowest BCUT2D eigenvalue weighted by atomic mass is 9.96. The Morgan fingerprint density at radius 1 is 1.24 bits per heavy atom. The number of aromatic nitrogens is 1. The molecule has 0 saturated heterocycles. The molecule has 2 aromatic rings. The number of hydrogen-bond acceptors (Lipinski definition) is 3. The normalized spacial score (nSPS) is 14.6. The van der Waals surface area contributed by atoms with Crippen LogP contribution < -0.4 is 10.1 Å². The molecule has 3 rings (SSSR count). The van der Waals surface area contributed by atoms with E-state index >= 15 is 0 Å². The first-order chi connectivity index (χ1) is 10.3. The molecule has 1 atom stereocenters. The highest BCUT2D eigenvalue weighted by Gasteiger charge is 2.18. The molecular formula is C18H22N2O. The second-order valence-corrected chi connectivity index (χ2v) is 5.65. The van der Waals surface area contributed by atoms with Crippen LogP contribution in [0.2, 0.25) is 0 Å². The van der Waals surface area contributed by atoms with Crippen LogP contribution in [0.1, 0.15) is 41.6 Å². The van der Waals surface area contributed by atoms with E-state index in [9.17, 15) is 0 Å². The fourth-order valence-corrected chi connectivity index (χ4v) is 2.84. The third kappa shape index (κ3) is 3.08. The highest BCUT2D eigenvalue weighted by Crippen LogP contribution is 2.30. The number of fused-ring (bicyclic) bond motifs is 1. The van der Waals surface area contributed by atoms with Gasteiger partial charge in [0.15, 0.2) is 0 Å². The number of pyridine rings is 1. The van der Waals surface area contributed by atoms with Crippen molar-refractivity contribution in [3.05, 3.63) is 58.9 Å². The Balaban J connectivity index is 1.95. The largest absolute Gasteiger partial charge is 0.493 e. The molecule has 1 unspecified atom stereocenters. The van der Waals surface area contributed by atoms with E-state index in [4.69, 9.17) is 4.74 Å². The molecule has 0 amide bonds. The third-order valence-electron chi connectivity index (χ3n) is 3.87. The lowest BCUT2D eigenvalue weighted by molar-refractivity contribution is 0.357. The SMILES string of the molecule is CCCNC(c1cncc(C)c1)c1ccc2c(c1)CCO2. The van der Waals surface area contributed by atoms with Crippen molar-refractivity contribution >= 4 is 0 Å². The molecule has 0 spiro atoms. The lowest BCUT2D eigenvalue weighted by Gasteiger charge is -2.20. The number of hydrogen-bond donors (Lipinski definition) is 1. The molecule has 110 valence electrons. The van der Waals surface area contributed by atoms with Gasteiger partial charge in [-0.15, -0.1) is 0 Å². The zero-order chi connectivity index (χ0) is 14.7. The molecule has 1 aromatic carbocycles. The van der Waals surface area contributed by atoms with E-state index in [1.807, 2.05) is 12.4 Å². The van der Waals surface area contributed by atoms with E-state index < -0.39 is 0 Å². The van der Waals surface area contributed by atoms with Gasteiger partial charge in [-0.05, 0) is 48.2 Å². The Hall–Kier alpha value is -1.87. The molecule has 1 N–H and O–H groups in total. The quantitative estimate of drug-likeness (QED) is 0.912. The van der Waals surface area contributed by atoms with Crippen LogP contribution in [0.3, 0.4) is 0 Å². The molecule has 0 fully saturated rings. The monoisotopic (exact) mass is 282 g/mol. The lowest BCUT2D eigenvalue weighted by Crippen LogP contribution is -2.23. The predicted molar refractivity (Wildman–Crippen MR) is 84.8 cm³/mol. The van der Waals surface area contributed by atoms with Crippen molar-refractivity contribution in [1.29, 1.82) is 0 Å². The average Bonchev–Trinajstić information content (AvgIpc) is 2.95. The van der Waals surface area contributed by atoms with E-state index in [0.717, 1.165) is 31.7 Å². The fraction of sp³-hybridized carbons (Fsp3) is 0.389. The maximum Gasteiger partial charge on any atom is 0.122 e. The molecule has 1 aliphatic heterocycles. The van der Waals surface area contributed by atoms with Crippen LogP contribution in [-0.4, -0.2) is 18.1 Å². The summed E-state index contributed by atoms with van der Waals surface area (Å²) in [6.45, 7) is 6.07. The molecular weight excluding hydrogens is 260 g/mol. The molecule has 0 saturated carbocycles. The van der Waals surface area contributed by atoms with Crippen LogP contribution in [0.4, 0.5) is 0 Å². The molecule has 0 radical (unpaired) electrons. The van der Waals surface area contributed by atoms with Crippen LogP contribution in [0.15, 0.2) is 36.7 Å². The smallest absolute Gasteiger partial charge is 0.122 e. The summed E-state index contributed by atoms with van der Waals surface area (Å²) in [5, 5.41) is 3.64. The van der Waals surface area contributed by atoms with Gasteiger partial charge in [0.05, 0.1) is 12.6 Å². The molecule has 3 heteroatoms. The second kappa shape index (κ2) is 6.27. The van der Waals surface area contributed by atoms with Crippen LogP contribution in [0, 0.1) is 6.92 Å². The first-order valence-corrected chi connectivity index (χ1v) is 7.68. The van der Waals surface area contributed by atoms with E-state index in [0.29, 0.717) is 0 Å². The standard InChI is InChI=1S/C18H22N2O/c1-3-7-20-18(16-9-13(2)11-19-12-16)15-4-5-17-14(10-15)6-8-21-17/h4-5,9-12,18,20H,3,6-8H2,1-2H3. The molecule has 21 heavy (non-hydrogen) atoms. The summed E-state index contributed by atoms with van der Waals surface area (Å²) in [6.07, 6.45) is 5.99. The Labute approximate surface area is 126 Å². The summed E-state index contributed by atoms with van der Waals surface area (Å²) < 4.78 is 5.61. The van der Waals surface area contributed by atoms with Crippen molar-refractivity contribution in [2.45, 2.75) is 32.7 Å². The summed E-state index contributed by atoms with van der Waals surface area (Å²) in [5.41, 5.74) is 5.03. The predicted octanol–water partition coefficient (Wildman–Crippen LogP) is 3.41. The van der Waals surface area contributed by atoms with Crippen molar-refractivity contribution in [3.63, 3.8) is 0 Å². The topological polar surface area (TPSA) is 34.2 Å². The first-order valence-electron chi connectivity index (χ1n) is 7.68. The number of nitrogens with zero attached hydrogens (tertiary/aromatic N) is 1. The minimum absolute atomic E-state index is 0.197. The van der Waals surface area contributed by atoms with E-state index in [2.05, 4.69) is 48.4 Å². The minimum atomic E-state index is 0.197. The molecule has 2 heterocycles. The van der Waals surface area contributed by atoms with Crippen molar-refractivity contribution in [3.8, 4) is 5.75 Å². The average molecular weight is 282 g/mol. The fourth-order valence-electron chi connectivity index (χ4n) is 2.84. The number of aryl methyl sites for hydroxylation is 1. The Morgan fingerprint density at radius 2 is 2.14 bits per heavy atom. The van der Waals surface area contributed by atoms with Gasteiger partial charge < -0.3 is 10.1 Å². The summed E-state index contributed by atoms with van der Waals surface area (Å²) in [7, 11) is 0. The first kappa shape index (κ1) is 14.1. The van der Waals surface area contributed by atoms with Gasteiger partial charge >= 0.3 is 0 Å². The van der Waals surface area contributed by atoms with Gasteiger partial charge in [-0.1, -0.05) is 25.1 Å². The summed E-state index contributed by atoms with van der Waals surface area (Å²) in [5.74, 6) is 1.04. The van der Waals surface area contributed by atoms with Gasteiger partial charge in [0.2, 0.25) is 0 Å². The van der Waals surface area contributed by atoms with Gasteiger partial charge in [-0.3, -0.25) is 4.98 Å².